The number of carbonyl (C=O) groups is 2. The highest BCUT2D eigenvalue weighted by atomic mass is 32.2. The molecular formula is C18H25N3O2S. The molecule has 5 nitrogen and oxygen atoms in total. The second-order valence-corrected chi connectivity index (χ2v) is 7.66. The lowest BCUT2D eigenvalue weighted by Gasteiger charge is -2.25. The lowest BCUT2D eigenvalue weighted by atomic mass is 10.1. The van der Waals surface area contributed by atoms with Gasteiger partial charge in [-0.3, -0.25) is 9.59 Å². The lowest BCUT2D eigenvalue weighted by molar-refractivity contribution is -0.136. The molecule has 0 bridgehead atoms. The van der Waals surface area contributed by atoms with E-state index in [1.165, 1.54) is 0 Å². The number of nitrogens with zero attached hydrogens (tertiary/aromatic N) is 2. The number of hydrogen-bond donors (Lipinski definition) is 1. The third-order valence-corrected chi connectivity index (χ3v) is 5.84. The maximum atomic E-state index is 12.9. The molecule has 2 saturated heterocycles. The second kappa shape index (κ2) is 7.15. The largest absolute Gasteiger partial charge is 0.339 e. The third-order valence-electron chi connectivity index (χ3n) is 5.12. The standard InChI is InChI=1S/C18H25N3O2S/c1-12-6-13(9-19)10-20(12)18(23)14-7-17(22)21(11-14)15-4-3-5-16(8-15)24-2/h3-5,8,12-14H,6-7,9-11,19H2,1-2H3. The van der Waals surface area contributed by atoms with Crippen LogP contribution in [-0.2, 0) is 9.59 Å². The minimum atomic E-state index is -0.241. The van der Waals surface area contributed by atoms with Gasteiger partial charge in [0.25, 0.3) is 0 Å². The normalized spacial score (nSPS) is 27.1. The Labute approximate surface area is 147 Å². The molecule has 6 heteroatoms. The van der Waals surface area contributed by atoms with Crippen LogP contribution in [0.2, 0.25) is 0 Å². The van der Waals surface area contributed by atoms with Gasteiger partial charge in [0.1, 0.15) is 0 Å². The molecule has 2 heterocycles. The summed E-state index contributed by atoms with van der Waals surface area (Å²) in [7, 11) is 0. The van der Waals surface area contributed by atoms with Gasteiger partial charge in [-0.1, -0.05) is 6.07 Å². The first-order valence-electron chi connectivity index (χ1n) is 8.48. The molecule has 2 aliphatic rings. The number of likely N-dealkylation sites (tertiary alicyclic amines) is 1. The van der Waals surface area contributed by atoms with Gasteiger partial charge in [-0.15, -0.1) is 11.8 Å². The van der Waals surface area contributed by atoms with Crippen LogP contribution in [-0.4, -0.2) is 48.6 Å². The molecule has 2 fully saturated rings. The first-order valence-corrected chi connectivity index (χ1v) is 9.71. The molecule has 130 valence electrons. The zero-order valence-corrected chi connectivity index (χ0v) is 15.1. The fraction of sp³-hybridized carbons (Fsp3) is 0.556. The number of hydrogen-bond acceptors (Lipinski definition) is 4. The van der Waals surface area contributed by atoms with Crippen LogP contribution in [0.25, 0.3) is 0 Å². The Morgan fingerprint density at radius 2 is 2.17 bits per heavy atom. The summed E-state index contributed by atoms with van der Waals surface area (Å²) >= 11 is 1.65. The molecule has 0 aromatic heterocycles. The predicted octanol–water partition coefficient (Wildman–Crippen LogP) is 1.96. The first kappa shape index (κ1) is 17.3. The van der Waals surface area contributed by atoms with E-state index < -0.39 is 0 Å². The number of carbonyl (C=O) groups excluding carboxylic acids is 2. The van der Waals surface area contributed by atoms with Crippen LogP contribution >= 0.6 is 11.8 Å². The van der Waals surface area contributed by atoms with Crippen LogP contribution < -0.4 is 10.6 Å². The van der Waals surface area contributed by atoms with Crippen LogP contribution in [0.15, 0.2) is 29.2 Å². The summed E-state index contributed by atoms with van der Waals surface area (Å²) in [6.45, 7) is 3.89. The van der Waals surface area contributed by atoms with Crippen molar-refractivity contribution in [2.75, 3.05) is 30.8 Å². The summed E-state index contributed by atoms with van der Waals surface area (Å²) in [5.74, 6) is 0.286. The Bertz CT molecular complexity index is 636. The van der Waals surface area contributed by atoms with Crippen molar-refractivity contribution in [3.8, 4) is 0 Å². The maximum absolute atomic E-state index is 12.9. The van der Waals surface area contributed by atoms with E-state index in [2.05, 4.69) is 6.92 Å². The Hall–Kier alpha value is -1.53. The van der Waals surface area contributed by atoms with E-state index in [9.17, 15) is 9.59 Å². The Morgan fingerprint density at radius 3 is 2.83 bits per heavy atom. The molecule has 2 aliphatic heterocycles. The molecule has 1 aromatic carbocycles. The van der Waals surface area contributed by atoms with Gasteiger partial charge in [0.15, 0.2) is 0 Å². The number of anilines is 1. The fourth-order valence-corrected chi connectivity index (χ4v) is 4.21. The van der Waals surface area contributed by atoms with Crippen LogP contribution in [0.3, 0.4) is 0 Å². The zero-order valence-electron chi connectivity index (χ0n) is 14.3. The van der Waals surface area contributed by atoms with Gasteiger partial charge in [-0.05, 0) is 50.3 Å². The number of nitrogens with two attached hydrogens (primary N) is 1. The van der Waals surface area contributed by atoms with Crippen molar-refractivity contribution in [2.45, 2.75) is 30.7 Å². The summed E-state index contributed by atoms with van der Waals surface area (Å²) in [5.41, 5.74) is 6.64. The van der Waals surface area contributed by atoms with Gasteiger partial charge < -0.3 is 15.5 Å². The molecule has 0 spiro atoms. The Kier molecular flexibility index (Phi) is 5.15. The zero-order chi connectivity index (χ0) is 17.3. The number of rotatable bonds is 4. The molecule has 0 aliphatic carbocycles. The van der Waals surface area contributed by atoms with Gasteiger partial charge in [0.2, 0.25) is 11.8 Å². The van der Waals surface area contributed by atoms with Crippen molar-refractivity contribution in [1.82, 2.24) is 4.90 Å². The highest BCUT2D eigenvalue weighted by Gasteiger charge is 2.41. The van der Waals surface area contributed by atoms with Crippen molar-refractivity contribution in [1.29, 1.82) is 0 Å². The number of thioether (sulfide) groups is 1. The molecule has 3 atom stereocenters. The average Bonchev–Trinajstić information content (AvgIpc) is 3.17. The number of amides is 2. The Morgan fingerprint density at radius 1 is 1.38 bits per heavy atom. The SMILES string of the molecule is CSc1cccc(N2CC(C(=O)N3CC(CN)CC3C)CC2=O)c1. The van der Waals surface area contributed by atoms with Crippen LogP contribution in [0.5, 0.6) is 0 Å². The van der Waals surface area contributed by atoms with E-state index in [1.807, 2.05) is 35.4 Å². The molecule has 2 N–H and O–H groups in total. The Balaban J connectivity index is 1.71. The van der Waals surface area contributed by atoms with Crippen LogP contribution in [0, 0.1) is 11.8 Å². The van der Waals surface area contributed by atoms with Crippen molar-refractivity contribution < 1.29 is 9.59 Å². The van der Waals surface area contributed by atoms with Gasteiger partial charge >= 0.3 is 0 Å². The van der Waals surface area contributed by atoms with E-state index in [4.69, 9.17) is 5.73 Å². The first-order chi connectivity index (χ1) is 11.5. The maximum Gasteiger partial charge on any atom is 0.228 e. The quantitative estimate of drug-likeness (QED) is 0.846. The van der Waals surface area contributed by atoms with Crippen molar-refractivity contribution >= 4 is 29.3 Å². The summed E-state index contributed by atoms with van der Waals surface area (Å²) < 4.78 is 0. The highest BCUT2D eigenvalue weighted by molar-refractivity contribution is 7.98. The summed E-state index contributed by atoms with van der Waals surface area (Å²) in [5, 5.41) is 0. The third kappa shape index (κ3) is 3.30. The number of benzene rings is 1. The van der Waals surface area contributed by atoms with E-state index in [1.54, 1.807) is 16.7 Å². The van der Waals surface area contributed by atoms with E-state index in [0.29, 0.717) is 25.4 Å². The second-order valence-electron chi connectivity index (χ2n) is 6.78. The molecule has 2 amide bonds. The molecule has 0 radical (unpaired) electrons. The average molecular weight is 347 g/mol. The predicted molar refractivity (Wildman–Crippen MR) is 97.0 cm³/mol. The van der Waals surface area contributed by atoms with Gasteiger partial charge in [-0.2, -0.15) is 0 Å². The monoisotopic (exact) mass is 347 g/mol. The van der Waals surface area contributed by atoms with Gasteiger partial charge in [0, 0.05) is 36.1 Å². The highest BCUT2D eigenvalue weighted by Crippen LogP contribution is 2.31. The van der Waals surface area contributed by atoms with Crippen molar-refractivity contribution in [3.63, 3.8) is 0 Å². The van der Waals surface area contributed by atoms with E-state index in [-0.39, 0.29) is 23.8 Å². The molecule has 24 heavy (non-hydrogen) atoms. The summed E-state index contributed by atoms with van der Waals surface area (Å²) in [6.07, 6.45) is 3.28. The van der Waals surface area contributed by atoms with Crippen molar-refractivity contribution in [3.05, 3.63) is 24.3 Å². The summed E-state index contributed by atoms with van der Waals surface area (Å²) in [6, 6.07) is 8.15. The van der Waals surface area contributed by atoms with Crippen LogP contribution in [0.1, 0.15) is 19.8 Å². The molecule has 3 rings (SSSR count). The van der Waals surface area contributed by atoms with Gasteiger partial charge in [-0.25, -0.2) is 0 Å². The van der Waals surface area contributed by atoms with Crippen molar-refractivity contribution in [2.24, 2.45) is 17.6 Å². The fourth-order valence-electron chi connectivity index (χ4n) is 3.76. The molecule has 3 unspecified atom stereocenters. The van der Waals surface area contributed by atoms with E-state index >= 15 is 0 Å². The minimum Gasteiger partial charge on any atom is -0.339 e. The smallest absolute Gasteiger partial charge is 0.228 e. The molecule has 0 saturated carbocycles. The topological polar surface area (TPSA) is 66.6 Å². The van der Waals surface area contributed by atoms with E-state index in [0.717, 1.165) is 23.5 Å². The minimum absolute atomic E-state index is 0.0360. The molecule has 1 aromatic rings. The van der Waals surface area contributed by atoms with Crippen LogP contribution in [0.4, 0.5) is 5.69 Å². The van der Waals surface area contributed by atoms with Gasteiger partial charge in [0.05, 0.1) is 5.92 Å². The summed E-state index contributed by atoms with van der Waals surface area (Å²) in [4.78, 5) is 30.1. The lowest BCUT2D eigenvalue weighted by Crippen LogP contribution is -2.39. The molecular weight excluding hydrogens is 322 g/mol.